The minimum Gasteiger partial charge on any atom is -0.497 e. The van der Waals surface area contributed by atoms with Gasteiger partial charge in [-0.1, -0.05) is 42.5 Å². The van der Waals surface area contributed by atoms with E-state index in [0.717, 1.165) is 42.8 Å². The van der Waals surface area contributed by atoms with Crippen LogP contribution in [-0.2, 0) is 16.0 Å². The van der Waals surface area contributed by atoms with Gasteiger partial charge in [-0.2, -0.15) is 0 Å². The monoisotopic (exact) mass is 437 g/mol. The Kier molecular flexibility index (Phi) is 8.68. The molecule has 1 fully saturated rings. The van der Waals surface area contributed by atoms with Crippen LogP contribution in [-0.4, -0.2) is 60.9 Å². The quantitative estimate of drug-likeness (QED) is 0.687. The minimum atomic E-state index is -0.226. The van der Waals surface area contributed by atoms with Crippen molar-refractivity contribution in [3.05, 3.63) is 65.7 Å². The Balaban J connectivity index is 1.46. The van der Waals surface area contributed by atoms with E-state index >= 15 is 0 Å². The van der Waals surface area contributed by atoms with Gasteiger partial charge >= 0.3 is 0 Å². The van der Waals surface area contributed by atoms with E-state index in [1.54, 1.807) is 7.11 Å². The lowest BCUT2D eigenvalue weighted by Crippen LogP contribution is -2.47. The summed E-state index contributed by atoms with van der Waals surface area (Å²) >= 11 is 0. The molecule has 2 aromatic rings. The van der Waals surface area contributed by atoms with E-state index < -0.39 is 0 Å². The Hall–Kier alpha value is -2.86. The zero-order valence-electron chi connectivity index (χ0n) is 19.4. The summed E-state index contributed by atoms with van der Waals surface area (Å²) in [7, 11) is 1.65. The third kappa shape index (κ3) is 6.57. The molecule has 2 atom stereocenters. The molecule has 3 rings (SSSR count). The number of aryl methyl sites for hydroxylation is 1. The van der Waals surface area contributed by atoms with Crippen molar-refractivity contribution in [2.24, 2.45) is 0 Å². The van der Waals surface area contributed by atoms with Crippen LogP contribution in [0.4, 0.5) is 0 Å². The number of methoxy groups -OCH3 is 1. The fraction of sp³-hybridized carbons (Fsp3) is 0.462. The van der Waals surface area contributed by atoms with Crippen LogP contribution >= 0.6 is 0 Å². The minimum absolute atomic E-state index is 0.0284. The number of rotatable bonds is 8. The highest BCUT2D eigenvalue weighted by atomic mass is 16.5. The molecule has 2 unspecified atom stereocenters. The van der Waals surface area contributed by atoms with E-state index in [9.17, 15) is 9.59 Å². The normalized spacial score (nSPS) is 16.7. The zero-order valence-corrected chi connectivity index (χ0v) is 19.4. The van der Waals surface area contributed by atoms with Crippen LogP contribution in [0.15, 0.2) is 54.6 Å². The van der Waals surface area contributed by atoms with Crippen molar-refractivity contribution < 1.29 is 14.3 Å². The van der Waals surface area contributed by atoms with Gasteiger partial charge in [0.2, 0.25) is 11.8 Å². The number of ether oxygens (including phenoxy) is 1. The maximum atomic E-state index is 12.8. The topological polar surface area (TPSA) is 61.9 Å². The van der Waals surface area contributed by atoms with E-state index in [2.05, 4.69) is 10.2 Å². The molecule has 1 aliphatic heterocycles. The van der Waals surface area contributed by atoms with Crippen molar-refractivity contribution in [3.63, 3.8) is 0 Å². The first kappa shape index (κ1) is 23.8. The number of benzene rings is 2. The average Bonchev–Trinajstić information content (AvgIpc) is 3.09. The van der Waals surface area contributed by atoms with Crippen LogP contribution in [0.5, 0.6) is 5.75 Å². The molecule has 2 aromatic carbocycles. The fourth-order valence-electron chi connectivity index (χ4n) is 4.10. The first-order chi connectivity index (χ1) is 15.5. The molecule has 1 heterocycles. The molecule has 1 saturated heterocycles. The molecule has 1 N–H and O–H groups in total. The molecule has 1 aliphatic rings. The lowest BCUT2D eigenvalue weighted by Gasteiger charge is -2.28. The van der Waals surface area contributed by atoms with Crippen molar-refractivity contribution >= 4 is 11.8 Å². The summed E-state index contributed by atoms with van der Waals surface area (Å²) < 4.78 is 5.19. The van der Waals surface area contributed by atoms with Gasteiger partial charge in [-0.05, 0) is 49.9 Å². The molecular formula is C26H35N3O3. The maximum Gasteiger partial charge on any atom is 0.237 e. The highest BCUT2D eigenvalue weighted by Gasteiger charge is 2.26. The highest BCUT2D eigenvalue weighted by molar-refractivity contribution is 5.81. The summed E-state index contributed by atoms with van der Waals surface area (Å²) in [6.07, 6.45) is 2.09. The molecule has 6 heteroatoms. The molecule has 0 spiro atoms. The second kappa shape index (κ2) is 11.7. The van der Waals surface area contributed by atoms with E-state index in [1.165, 1.54) is 0 Å². The SMILES string of the molecule is COc1ccc(CCC(=O)N2CCCN(C(C)C(=O)NC(C)c3ccccc3)CC2)cc1. The third-order valence-electron chi connectivity index (χ3n) is 6.26. The highest BCUT2D eigenvalue weighted by Crippen LogP contribution is 2.15. The third-order valence-corrected chi connectivity index (χ3v) is 6.26. The van der Waals surface area contributed by atoms with Gasteiger partial charge in [0.15, 0.2) is 0 Å². The van der Waals surface area contributed by atoms with Crippen molar-refractivity contribution in [2.45, 2.75) is 45.2 Å². The van der Waals surface area contributed by atoms with E-state index in [-0.39, 0.29) is 23.9 Å². The molecule has 0 radical (unpaired) electrons. The van der Waals surface area contributed by atoms with Gasteiger partial charge < -0.3 is 15.0 Å². The van der Waals surface area contributed by atoms with Gasteiger partial charge in [0.05, 0.1) is 19.2 Å². The van der Waals surface area contributed by atoms with Gasteiger partial charge in [0.25, 0.3) is 0 Å². The molecule has 172 valence electrons. The van der Waals surface area contributed by atoms with Crippen molar-refractivity contribution in [1.29, 1.82) is 0 Å². The average molecular weight is 438 g/mol. The standard InChI is InChI=1S/C26H35N3O3/c1-20(23-8-5-4-6-9-23)27-26(31)21(2)28-16-7-17-29(19-18-28)25(30)15-12-22-10-13-24(32-3)14-11-22/h4-6,8-11,13-14,20-21H,7,12,15-19H2,1-3H3,(H,27,31). The fourth-order valence-corrected chi connectivity index (χ4v) is 4.10. The van der Waals surface area contributed by atoms with Gasteiger partial charge in [0, 0.05) is 32.6 Å². The Labute approximate surface area is 191 Å². The number of hydrogen-bond acceptors (Lipinski definition) is 4. The van der Waals surface area contributed by atoms with Crippen molar-refractivity contribution in [1.82, 2.24) is 15.1 Å². The summed E-state index contributed by atoms with van der Waals surface area (Å²) in [5.74, 6) is 1.03. The predicted molar refractivity (Wildman–Crippen MR) is 127 cm³/mol. The summed E-state index contributed by atoms with van der Waals surface area (Å²) in [4.78, 5) is 29.7. The van der Waals surface area contributed by atoms with Gasteiger partial charge in [-0.15, -0.1) is 0 Å². The molecular weight excluding hydrogens is 402 g/mol. The first-order valence-corrected chi connectivity index (χ1v) is 11.5. The molecule has 0 aliphatic carbocycles. The zero-order chi connectivity index (χ0) is 22.9. The first-order valence-electron chi connectivity index (χ1n) is 11.5. The number of nitrogens with one attached hydrogen (secondary N) is 1. The lowest BCUT2D eigenvalue weighted by molar-refractivity contribution is -0.131. The predicted octanol–water partition coefficient (Wildman–Crippen LogP) is 3.43. The van der Waals surface area contributed by atoms with Crippen LogP contribution in [0.3, 0.4) is 0 Å². The Bertz CT molecular complexity index is 870. The van der Waals surface area contributed by atoms with Crippen LogP contribution < -0.4 is 10.1 Å². The number of amides is 2. The summed E-state index contributed by atoms with van der Waals surface area (Å²) in [5.41, 5.74) is 2.23. The van der Waals surface area contributed by atoms with E-state index in [1.807, 2.05) is 73.3 Å². The van der Waals surface area contributed by atoms with Gasteiger partial charge in [-0.25, -0.2) is 0 Å². The van der Waals surface area contributed by atoms with Gasteiger partial charge in [-0.3, -0.25) is 14.5 Å². The number of nitrogens with zero attached hydrogens (tertiary/aromatic N) is 2. The van der Waals surface area contributed by atoms with Crippen LogP contribution in [0.2, 0.25) is 0 Å². The maximum absolute atomic E-state index is 12.8. The smallest absolute Gasteiger partial charge is 0.237 e. The van der Waals surface area contributed by atoms with Crippen LogP contribution in [0.1, 0.15) is 43.9 Å². The Morgan fingerprint density at radius 2 is 1.69 bits per heavy atom. The summed E-state index contributed by atoms with van der Waals surface area (Å²) in [6, 6.07) is 17.6. The summed E-state index contributed by atoms with van der Waals surface area (Å²) in [5, 5.41) is 3.12. The molecule has 6 nitrogen and oxygen atoms in total. The van der Waals surface area contributed by atoms with Crippen molar-refractivity contribution in [3.8, 4) is 5.75 Å². The lowest BCUT2D eigenvalue weighted by atomic mass is 10.1. The molecule has 0 bridgehead atoms. The van der Waals surface area contributed by atoms with Crippen LogP contribution in [0.25, 0.3) is 0 Å². The van der Waals surface area contributed by atoms with Gasteiger partial charge in [0.1, 0.15) is 5.75 Å². The second-order valence-corrected chi connectivity index (χ2v) is 8.44. The molecule has 0 saturated carbocycles. The number of carbonyl (C=O) groups excluding carboxylic acids is 2. The molecule has 32 heavy (non-hydrogen) atoms. The van der Waals surface area contributed by atoms with Crippen molar-refractivity contribution in [2.75, 3.05) is 33.3 Å². The Morgan fingerprint density at radius 3 is 2.38 bits per heavy atom. The van der Waals surface area contributed by atoms with Crippen LogP contribution in [0, 0.1) is 0 Å². The summed E-state index contributed by atoms with van der Waals surface area (Å²) in [6.45, 7) is 6.89. The molecule has 2 amide bonds. The van der Waals surface area contributed by atoms with E-state index in [4.69, 9.17) is 4.74 Å². The van der Waals surface area contributed by atoms with E-state index in [0.29, 0.717) is 19.5 Å². The number of carbonyl (C=O) groups is 2. The number of hydrogen-bond donors (Lipinski definition) is 1. The largest absolute Gasteiger partial charge is 0.497 e. The Morgan fingerprint density at radius 1 is 0.969 bits per heavy atom. The molecule has 0 aromatic heterocycles. The second-order valence-electron chi connectivity index (χ2n) is 8.44.